The molecule has 30 heavy (non-hydrogen) atoms. The van der Waals surface area contributed by atoms with E-state index in [4.69, 9.17) is 9.47 Å². The molecule has 4 rings (SSSR count). The number of thioether (sulfide) groups is 1. The van der Waals surface area contributed by atoms with Crippen molar-refractivity contribution in [1.82, 2.24) is 10.3 Å². The molecule has 0 radical (unpaired) electrons. The van der Waals surface area contributed by atoms with Crippen LogP contribution in [0.25, 0.3) is 21.8 Å². The quantitative estimate of drug-likeness (QED) is 0.260. The molecule has 0 spiro atoms. The monoisotopic (exact) mass is 422 g/mol. The second-order valence-electron chi connectivity index (χ2n) is 7.02. The van der Waals surface area contributed by atoms with Gasteiger partial charge in [-0.15, -0.1) is 11.8 Å². The number of rotatable bonds is 10. The molecule has 3 N–H and O–H groups in total. The van der Waals surface area contributed by atoms with Gasteiger partial charge in [0.2, 0.25) is 0 Å². The summed E-state index contributed by atoms with van der Waals surface area (Å²) in [6.07, 6.45) is -0.583. The number of aromatic nitrogens is 1. The number of para-hydroxylation sites is 3. The first-order valence-corrected chi connectivity index (χ1v) is 11.0. The van der Waals surface area contributed by atoms with Gasteiger partial charge in [0.15, 0.2) is 0 Å². The first-order chi connectivity index (χ1) is 14.8. The molecule has 1 heterocycles. The van der Waals surface area contributed by atoms with Gasteiger partial charge in [0.25, 0.3) is 0 Å². The standard InChI is InChI=1S/C24H26N2O3S/c1-28-21-10-4-5-12-23(21)30-14-13-25-15-17(27)16-29-22-11-6-8-19-18-7-2-3-9-20(18)26-24(19)22/h2-12,17,25-27H,13-16H2,1H3. The molecule has 0 fully saturated rings. The summed E-state index contributed by atoms with van der Waals surface area (Å²) in [6, 6.07) is 22.2. The molecule has 0 aliphatic rings. The number of fused-ring (bicyclic) bond motifs is 3. The number of aliphatic hydroxyl groups excluding tert-OH is 1. The van der Waals surface area contributed by atoms with E-state index < -0.39 is 6.10 Å². The molecular weight excluding hydrogens is 396 g/mol. The number of aliphatic hydroxyl groups is 1. The predicted octanol–water partition coefficient (Wildman–Crippen LogP) is 4.45. The highest BCUT2D eigenvalue weighted by Crippen LogP contribution is 2.31. The first kappa shape index (κ1) is 20.6. The fourth-order valence-corrected chi connectivity index (χ4v) is 4.39. The van der Waals surface area contributed by atoms with Gasteiger partial charge in [-0.25, -0.2) is 0 Å². The second-order valence-corrected chi connectivity index (χ2v) is 8.15. The van der Waals surface area contributed by atoms with Crippen LogP contribution in [-0.4, -0.2) is 48.8 Å². The van der Waals surface area contributed by atoms with Gasteiger partial charge in [-0.1, -0.05) is 42.5 Å². The van der Waals surface area contributed by atoms with E-state index in [1.165, 1.54) is 5.39 Å². The summed E-state index contributed by atoms with van der Waals surface area (Å²) in [5.41, 5.74) is 2.05. The Kier molecular flexibility index (Phi) is 6.79. The Hall–Kier alpha value is -2.67. The lowest BCUT2D eigenvalue weighted by Gasteiger charge is -2.14. The summed E-state index contributed by atoms with van der Waals surface area (Å²) in [6.45, 7) is 1.51. The highest BCUT2D eigenvalue weighted by Gasteiger charge is 2.11. The van der Waals surface area contributed by atoms with Crippen molar-refractivity contribution >= 4 is 33.6 Å². The molecule has 0 aliphatic carbocycles. The number of hydrogen-bond donors (Lipinski definition) is 3. The van der Waals surface area contributed by atoms with Crippen molar-refractivity contribution in [2.75, 3.05) is 32.6 Å². The van der Waals surface area contributed by atoms with Crippen LogP contribution in [0.1, 0.15) is 0 Å². The lowest BCUT2D eigenvalue weighted by molar-refractivity contribution is 0.108. The fourth-order valence-electron chi connectivity index (χ4n) is 3.45. The Morgan fingerprint density at radius 3 is 2.63 bits per heavy atom. The zero-order chi connectivity index (χ0) is 20.8. The van der Waals surface area contributed by atoms with Crippen LogP contribution in [0.3, 0.4) is 0 Å². The zero-order valence-electron chi connectivity index (χ0n) is 16.9. The third kappa shape index (κ3) is 4.73. The predicted molar refractivity (Wildman–Crippen MR) is 124 cm³/mol. The van der Waals surface area contributed by atoms with Crippen molar-refractivity contribution in [2.24, 2.45) is 0 Å². The minimum atomic E-state index is -0.583. The lowest BCUT2D eigenvalue weighted by atomic mass is 10.1. The minimum absolute atomic E-state index is 0.237. The number of H-pyrrole nitrogens is 1. The number of nitrogens with one attached hydrogen (secondary N) is 2. The molecule has 156 valence electrons. The number of benzene rings is 3. The third-order valence-corrected chi connectivity index (χ3v) is 5.98. The van der Waals surface area contributed by atoms with Crippen LogP contribution in [0.2, 0.25) is 0 Å². The summed E-state index contributed by atoms with van der Waals surface area (Å²) in [4.78, 5) is 4.54. The average Bonchev–Trinajstić information content (AvgIpc) is 3.17. The fraction of sp³-hybridized carbons (Fsp3) is 0.250. The maximum absolute atomic E-state index is 10.3. The van der Waals surface area contributed by atoms with Gasteiger partial charge in [0.1, 0.15) is 24.2 Å². The van der Waals surface area contributed by atoms with Crippen molar-refractivity contribution in [2.45, 2.75) is 11.0 Å². The summed E-state index contributed by atoms with van der Waals surface area (Å²) < 4.78 is 11.3. The molecular formula is C24H26N2O3S. The van der Waals surface area contributed by atoms with Gasteiger partial charge in [-0.05, 0) is 24.3 Å². The Balaban J connectivity index is 1.25. The van der Waals surface area contributed by atoms with Crippen LogP contribution in [-0.2, 0) is 0 Å². The molecule has 4 aromatic rings. The van der Waals surface area contributed by atoms with E-state index in [1.807, 2.05) is 42.5 Å². The van der Waals surface area contributed by atoms with Crippen molar-refractivity contribution in [3.8, 4) is 11.5 Å². The summed E-state index contributed by atoms with van der Waals surface area (Å²) in [5.74, 6) is 2.54. The third-order valence-electron chi connectivity index (χ3n) is 4.92. The number of methoxy groups -OCH3 is 1. The van der Waals surface area contributed by atoms with E-state index in [9.17, 15) is 5.11 Å². The average molecular weight is 423 g/mol. The molecule has 3 aromatic carbocycles. The molecule has 0 saturated heterocycles. The molecule has 5 nitrogen and oxygen atoms in total. The van der Waals surface area contributed by atoms with E-state index in [2.05, 4.69) is 34.6 Å². The molecule has 0 saturated carbocycles. The second kappa shape index (κ2) is 9.89. The van der Waals surface area contributed by atoms with E-state index in [-0.39, 0.29) is 6.61 Å². The molecule has 6 heteroatoms. The topological polar surface area (TPSA) is 66.5 Å². The molecule has 1 unspecified atom stereocenters. The maximum atomic E-state index is 10.3. The molecule has 0 aliphatic heterocycles. The van der Waals surface area contributed by atoms with Crippen LogP contribution in [0, 0.1) is 0 Å². The van der Waals surface area contributed by atoms with Crippen molar-refractivity contribution in [1.29, 1.82) is 0 Å². The van der Waals surface area contributed by atoms with Crippen molar-refractivity contribution < 1.29 is 14.6 Å². The van der Waals surface area contributed by atoms with E-state index in [0.29, 0.717) is 6.54 Å². The summed E-state index contributed by atoms with van der Waals surface area (Å²) in [7, 11) is 1.68. The summed E-state index contributed by atoms with van der Waals surface area (Å²) in [5, 5.41) is 15.9. The Morgan fingerprint density at radius 1 is 0.967 bits per heavy atom. The molecule has 1 atom stereocenters. The van der Waals surface area contributed by atoms with Crippen LogP contribution in [0.15, 0.2) is 71.6 Å². The molecule has 0 bridgehead atoms. The van der Waals surface area contributed by atoms with Gasteiger partial charge in [0, 0.05) is 40.0 Å². The van der Waals surface area contributed by atoms with Crippen LogP contribution in [0.4, 0.5) is 0 Å². The Morgan fingerprint density at radius 2 is 1.73 bits per heavy atom. The number of ether oxygens (including phenoxy) is 2. The highest BCUT2D eigenvalue weighted by molar-refractivity contribution is 7.99. The van der Waals surface area contributed by atoms with Crippen LogP contribution in [0.5, 0.6) is 11.5 Å². The van der Waals surface area contributed by atoms with Gasteiger partial charge >= 0.3 is 0 Å². The van der Waals surface area contributed by atoms with Crippen molar-refractivity contribution in [3.05, 3.63) is 66.7 Å². The van der Waals surface area contributed by atoms with Gasteiger partial charge in [-0.2, -0.15) is 0 Å². The number of aromatic amines is 1. The van der Waals surface area contributed by atoms with Crippen molar-refractivity contribution in [3.63, 3.8) is 0 Å². The van der Waals surface area contributed by atoms with Crippen LogP contribution < -0.4 is 14.8 Å². The van der Waals surface area contributed by atoms with Gasteiger partial charge in [-0.3, -0.25) is 0 Å². The van der Waals surface area contributed by atoms with Gasteiger partial charge in [0.05, 0.1) is 12.6 Å². The minimum Gasteiger partial charge on any atom is -0.496 e. The van der Waals surface area contributed by atoms with Gasteiger partial charge < -0.3 is 24.9 Å². The normalized spacial score (nSPS) is 12.3. The first-order valence-electron chi connectivity index (χ1n) is 10.0. The Bertz CT molecular complexity index is 1110. The smallest absolute Gasteiger partial charge is 0.143 e. The summed E-state index contributed by atoms with van der Waals surface area (Å²) >= 11 is 1.73. The lowest BCUT2D eigenvalue weighted by Crippen LogP contribution is -2.32. The van der Waals surface area contributed by atoms with Crippen LogP contribution >= 0.6 is 11.8 Å². The molecule has 1 aromatic heterocycles. The highest BCUT2D eigenvalue weighted by atomic mass is 32.2. The Labute approximate surface area is 180 Å². The van der Waals surface area contributed by atoms with E-state index in [0.717, 1.165) is 45.1 Å². The largest absolute Gasteiger partial charge is 0.496 e. The molecule has 0 amide bonds. The SMILES string of the molecule is COc1ccccc1SCCNCC(O)COc1cccc2c1[nH]c1ccccc12. The maximum Gasteiger partial charge on any atom is 0.143 e. The number of hydrogen-bond acceptors (Lipinski definition) is 5. The zero-order valence-corrected chi connectivity index (χ0v) is 17.7. The van der Waals surface area contributed by atoms with E-state index in [1.54, 1.807) is 18.9 Å². The van der Waals surface area contributed by atoms with E-state index >= 15 is 0 Å².